The highest BCUT2D eigenvalue weighted by Crippen LogP contribution is 2.27. The Balaban J connectivity index is 1.95. The molecule has 0 unspecified atom stereocenters. The number of hydrogen-bond donors (Lipinski definition) is 1. The molecule has 2 aromatic carbocycles. The van der Waals surface area contributed by atoms with Crippen LogP contribution in [0.1, 0.15) is 19.9 Å². The van der Waals surface area contributed by atoms with Crippen molar-refractivity contribution in [2.24, 2.45) is 0 Å². The van der Waals surface area contributed by atoms with Crippen molar-refractivity contribution in [3.8, 4) is 22.4 Å². The van der Waals surface area contributed by atoms with Crippen molar-refractivity contribution in [2.45, 2.75) is 19.9 Å². The number of hydrogen-bond acceptors (Lipinski definition) is 3. The van der Waals surface area contributed by atoms with E-state index in [4.69, 9.17) is 5.73 Å². The summed E-state index contributed by atoms with van der Waals surface area (Å²) in [5.74, 6) is 0.609. The number of nitrogens with two attached hydrogens (primary N) is 1. The Morgan fingerprint density at radius 2 is 1.43 bits per heavy atom. The van der Waals surface area contributed by atoms with Gasteiger partial charge in [-0.05, 0) is 25.0 Å². The number of rotatable bonds is 3. The van der Waals surface area contributed by atoms with Gasteiger partial charge in [0.1, 0.15) is 5.69 Å². The molecule has 21 heavy (non-hydrogen) atoms. The van der Waals surface area contributed by atoms with Crippen LogP contribution in [0.2, 0.25) is 0 Å². The van der Waals surface area contributed by atoms with E-state index in [2.05, 4.69) is 34.6 Å². The first-order chi connectivity index (χ1) is 10.2. The number of nitrogen functional groups attached to an aromatic ring is 1. The molecule has 0 aliphatic rings. The zero-order valence-electron chi connectivity index (χ0n) is 12.2. The molecule has 3 aromatic rings. The molecule has 0 radical (unpaired) electrons. The van der Waals surface area contributed by atoms with E-state index in [1.54, 1.807) is 4.68 Å². The molecule has 0 aliphatic heterocycles. The van der Waals surface area contributed by atoms with E-state index in [-0.39, 0.29) is 6.04 Å². The topological polar surface area (TPSA) is 56.7 Å². The molecule has 1 aromatic heterocycles. The molecule has 0 amide bonds. The zero-order valence-corrected chi connectivity index (χ0v) is 12.2. The first kappa shape index (κ1) is 13.4. The van der Waals surface area contributed by atoms with Gasteiger partial charge in [-0.2, -0.15) is 0 Å². The van der Waals surface area contributed by atoms with Gasteiger partial charge < -0.3 is 5.73 Å². The van der Waals surface area contributed by atoms with Gasteiger partial charge in [-0.25, -0.2) is 4.68 Å². The van der Waals surface area contributed by atoms with E-state index in [0.29, 0.717) is 5.82 Å². The number of benzene rings is 2. The Hall–Kier alpha value is -2.62. The molecule has 0 aliphatic carbocycles. The first-order valence-electron chi connectivity index (χ1n) is 7.03. The molecule has 0 fully saturated rings. The minimum atomic E-state index is 0.204. The fraction of sp³-hybridized carbons (Fsp3) is 0.176. The Morgan fingerprint density at radius 1 is 0.857 bits per heavy atom. The predicted octanol–water partition coefficient (Wildman–Crippen LogP) is 3.78. The summed E-state index contributed by atoms with van der Waals surface area (Å²) < 4.78 is 1.74. The summed E-state index contributed by atoms with van der Waals surface area (Å²) >= 11 is 0. The van der Waals surface area contributed by atoms with E-state index in [1.807, 2.05) is 44.2 Å². The fourth-order valence-corrected chi connectivity index (χ4v) is 2.34. The third kappa shape index (κ3) is 2.52. The molecule has 0 bridgehead atoms. The molecule has 1 heterocycles. The van der Waals surface area contributed by atoms with Crippen LogP contribution >= 0.6 is 0 Å². The molecule has 0 atom stereocenters. The van der Waals surface area contributed by atoms with Gasteiger partial charge in [-0.1, -0.05) is 59.8 Å². The zero-order chi connectivity index (χ0) is 14.8. The van der Waals surface area contributed by atoms with Crippen molar-refractivity contribution in [3.63, 3.8) is 0 Å². The maximum Gasteiger partial charge on any atom is 0.150 e. The monoisotopic (exact) mass is 278 g/mol. The Kier molecular flexibility index (Phi) is 3.44. The lowest BCUT2D eigenvalue weighted by Gasteiger charge is -2.07. The molecular weight excluding hydrogens is 260 g/mol. The van der Waals surface area contributed by atoms with Gasteiger partial charge in [0.05, 0.1) is 6.04 Å². The molecule has 0 spiro atoms. The fourth-order valence-electron chi connectivity index (χ4n) is 2.34. The van der Waals surface area contributed by atoms with Crippen LogP contribution in [0.15, 0.2) is 54.6 Å². The summed E-state index contributed by atoms with van der Waals surface area (Å²) in [7, 11) is 0. The van der Waals surface area contributed by atoms with E-state index < -0.39 is 0 Å². The van der Waals surface area contributed by atoms with Crippen molar-refractivity contribution >= 4 is 5.82 Å². The standard InChI is InChI=1S/C17H18N4/c1-12(2)21-17(18)16(19-20-21)15-10-8-14(9-11-15)13-6-4-3-5-7-13/h3-12H,18H2,1-2H3. The Labute approximate surface area is 124 Å². The van der Waals surface area contributed by atoms with Gasteiger partial charge >= 0.3 is 0 Å². The van der Waals surface area contributed by atoms with Crippen LogP contribution in [-0.2, 0) is 0 Å². The average Bonchev–Trinajstić information content (AvgIpc) is 2.90. The summed E-state index contributed by atoms with van der Waals surface area (Å²) in [4.78, 5) is 0. The van der Waals surface area contributed by atoms with Gasteiger partial charge in [0.2, 0.25) is 0 Å². The van der Waals surface area contributed by atoms with Crippen LogP contribution in [0.4, 0.5) is 5.82 Å². The van der Waals surface area contributed by atoms with Gasteiger partial charge in [0.15, 0.2) is 5.82 Å². The number of nitrogens with zero attached hydrogens (tertiary/aromatic N) is 3. The lowest BCUT2D eigenvalue weighted by Crippen LogP contribution is -2.07. The summed E-state index contributed by atoms with van der Waals surface area (Å²) in [6, 6.07) is 18.7. The first-order valence-corrected chi connectivity index (χ1v) is 7.03. The molecule has 0 saturated heterocycles. The van der Waals surface area contributed by atoms with E-state index in [9.17, 15) is 0 Å². The number of aromatic nitrogens is 3. The largest absolute Gasteiger partial charge is 0.382 e. The van der Waals surface area contributed by atoms with Crippen LogP contribution in [0.5, 0.6) is 0 Å². The Morgan fingerprint density at radius 3 is 2.00 bits per heavy atom. The van der Waals surface area contributed by atoms with E-state index in [1.165, 1.54) is 11.1 Å². The third-order valence-electron chi connectivity index (χ3n) is 3.49. The van der Waals surface area contributed by atoms with Gasteiger partial charge in [0, 0.05) is 5.56 Å². The number of anilines is 1. The smallest absolute Gasteiger partial charge is 0.150 e. The van der Waals surface area contributed by atoms with Crippen molar-refractivity contribution in [1.82, 2.24) is 15.0 Å². The highest BCUT2D eigenvalue weighted by atomic mass is 15.5. The molecule has 3 rings (SSSR count). The normalized spacial score (nSPS) is 11.0. The molecular formula is C17H18N4. The average molecular weight is 278 g/mol. The maximum absolute atomic E-state index is 6.12. The lowest BCUT2D eigenvalue weighted by atomic mass is 10.0. The SMILES string of the molecule is CC(C)n1nnc(-c2ccc(-c3ccccc3)cc2)c1N. The molecule has 4 heteroatoms. The van der Waals surface area contributed by atoms with Crippen LogP contribution < -0.4 is 5.73 Å². The molecule has 0 saturated carbocycles. The second-order valence-corrected chi connectivity index (χ2v) is 5.30. The Bertz CT molecular complexity index is 727. The maximum atomic E-state index is 6.12. The lowest BCUT2D eigenvalue weighted by molar-refractivity contribution is 0.521. The van der Waals surface area contributed by atoms with Crippen LogP contribution in [0.25, 0.3) is 22.4 Å². The van der Waals surface area contributed by atoms with Crippen molar-refractivity contribution in [1.29, 1.82) is 0 Å². The highest BCUT2D eigenvalue weighted by molar-refractivity contribution is 5.73. The van der Waals surface area contributed by atoms with Crippen LogP contribution in [0, 0.1) is 0 Å². The summed E-state index contributed by atoms with van der Waals surface area (Å²) in [5, 5.41) is 8.31. The predicted molar refractivity (Wildman–Crippen MR) is 85.7 cm³/mol. The van der Waals surface area contributed by atoms with Gasteiger partial charge in [-0.15, -0.1) is 5.10 Å². The van der Waals surface area contributed by atoms with Crippen LogP contribution in [0.3, 0.4) is 0 Å². The minimum absolute atomic E-state index is 0.204. The molecule has 106 valence electrons. The van der Waals surface area contributed by atoms with Crippen molar-refractivity contribution in [3.05, 3.63) is 54.6 Å². The second-order valence-electron chi connectivity index (χ2n) is 5.30. The second kappa shape index (κ2) is 5.40. The van der Waals surface area contributed by atoms with Crippen LogP contribution in [-0.4, -0.2) is 15.0 Å². The minimum Gasteiger partial charge on any atom is -0.382 e. The highest BCUT2D eigenvalue weighted by Gasteiger charge is 2.13. The molecule has 2 N–H and O–H groups in total. The van der Waals surface area contributed by atoms with Gasteiger partial charge in [0.25, 0.3) is 0 Å². The quantitative estimate of drug-likeness (QED) is 0.793. The van der Waals surface area contributed by atoms with Crippen molar-refractivity contribution in [2.75, 3.05) is 5.73 Å². The van der Waals surface area contributed by atoms with E-state index in [0.717, 1.165) is 11.3 Å². The third-order valence-corrected chi connectivity index (χ3v) is 3.49. The summed E-state index contributed by atoms with van der Waals surface area (Å²) in [6.07, 6.45) is 0. The summed E-state index contributed by atoms with van der Waals surface area (Å²) in [6.45, 7) is 4.07. The van der Waals surface area contributed by atoms with Gasteiger partial charge in [-0.3, -0.25) is 0 Å². The van der Waals surface area contributed by atoms with E-state index >= 15 is 0 Å². The summed E-state index contributed by atoms with van der Waals surface area (Å²) in [5.41, 5.74) is 10.2. The molecule has 4 nitrogen and oxygen atoms in total. The van der Waals surface area contributed by atoms with Crippen molar-refractivity contribution < 1.29 is 0 Å².